The Morgan fingerprint density at radius 3 is 2.11 bits per heavy atom. The summed E-state index contributed by atoms with van der Waals surface area (Å²) < 4.78 is 5.15. The highest BCUT2D eigenvalue weighted by atomic mass is 16.5. The lowest BCUT2D eigenvalue weighted by Crippen LogP contribution is -2.16. The predicted molar refractivity (Wildman–Crippen MR) is 74.8 cm³/mol. The van der Waals surface area contributed by atoms with E-state index in [0.717, 1.165) is 18.4 Å². The summed E-state index contributed by atoms with van der Waals surface area (Å²) in [5.74, 6) is 0.305. The van der Waals surface area contributed by atoms with Gasteiger partial charge in [0.2, 0.25) is 0 Å². The molecule has 0 radical (unpaired) electrons. The summed E-state index contributed by atoms with van der Waals surface area (Å²) in [5, 5.41) is 0. The van der Waals surface area contributed by atoms with E-state index in [2.05, 4.69) is 45.0 Å². The van der Waals surface area contributed by atoms with E-state index in [1.54, 1.807) is 0 Å². The minimum atomic E-state index is -0.115. The number of carbonyl (C=O) groups is 1. The Morgan fingerprint density at radius 2 is 1.67 bits per heavy atom. The van der Waals surface area contributed by atoms with Gasteiger partial charge in [0.25, 0.3) is 0 Å². The van der Waals surface area contributed by atoms with Crippen molar-refractivity contribution >= 4 is 5.97 Å². The van der Waals surface area contributed by atoms with E-state index in [0.29, 0.717) is 12.5 Å². The lowest BCUT2D eigenvalue weighted by molar-refractivity contribution is -0.145. The van der Waals surface area contributed by atoms with E-state index in [1.165, 1.54) is 5.56 Å². The van der Waals surface area contributed by atoms with Crippen LogP contribution in [0.4, 0.5) is 0 Å². The van der Waals surface area contributed by atoms with Crippen LogP contribution in [0.25, 0.3) is 0 Å². The predicted octanol–water partition coefficient (Wildman–Crippen LogP) is 4.26. The summed E-state index contributed by atoms with van der Waals surface area (Å²) >= 11 is 0. The normalized spacial score (nSPS) is 12.5. The Hall–Kier alpha value is -1.31. The molecule has 0 amide bonds. The molecule has 0 spiro atoms. The minimum Gasteiger partial charge on any atom is -0.466 e. The Morgan fingerprint density at radius 1 is 1.11 bits per heavy atom. The molecule has 0 bridgehead atoms. The van der Waals surface area contributed by atoms with Gasteiger partial charge in [-0.2, -0.15) is 0 Å². The van der Waals surface area contributed by atoms with Gasteiger partial charge in [-0.1, -0.05) is 51.5 Å². The third-order valence-corrected chi connectivity index (χ3v) is 3.15. The van der Waals surface area contributed by atoms with E-state index < -0.39 is 0 Å². The molecule has 100 valence electrons. The number of carbonyl (C=O) groups excluding carboxylic acids is 1. The lowest BCUT2D eigenvalue weighted by Gasteiger charge is -2.16. The van der Waals surface area contributed by atoms with Crippen molar-refractivity contribution < 1.29 is 9.53 Å². The van der Waals surface area contributed by atoms with Crippen LogP contribution in [0.2, 0.25) is 0 Å². The van der Waals surface area contributed by atoms with Crippen molar-refractivity contribution in [2.24, 2.45) is 0 Å². The molecule has 0 saturated carbocycles. The van der Waals surface area contributed by atoms with Crippen LogP contribution in [0.15, 0.2) is 24.3 Å². The molecule has 2 nitrogen and oxygen atoms in total. The number of ether oxygens (including phenoxy) is 1. The first kappa shape index (κ1) is 14.7. The Balaban J connectivity index is 2.88. The van der Waals surface area contributed by atoms with Crippen LogP contribution in [-0.2, 0) is 9.53 Å². The standard InChI is InChI=1S/C16H24O2/c1-5-7-15(16(17)18-6-2)14-10-8-13(9-11-14)12(3)4/h8-12,15H,5-7H2,1-4H3. The second-order valence-electron chi connectivity index (χ2n) is 4.91. The van der Waals surface area contributed by atoms with Gasteiger partial charge >= 0.3 is 5.97 Å². The molecule has 0 saturated heterocycles. The second kappa shape index (κ2) is 7.20. The van der Waals surface area contributed by atoms with E-state index >= 15 is 0 Å². The van der Waals surface area contributed by atoms with Crippen LogP contribution in [0.1, 0.15) is 63.5 Å². The van der Waals surface area contributed by atoms with Gasteiger partial charge in [-0.05, 0) is 30.4 Å². The van der Waals surface area contributed by atoms with Gasteiger partial charge in [0, 0.05) is 0 Å². The van der Waals surface area contributed by atoms with Crippen LogP contribution in [0.3, 0.4) is 0 Å². The number of rotatable bonds is 6. The summed E-state index contributed by atoms with van der Waals surface area (Å²) in [6, 6.07) is 8.35. The third-order valence-electron chi connectivity index (χ3n) is 3.15. The molecule has 0 heterocycles. The van der Waals surface area contributed by atoms with Gasteiger partial charge in [-0.3, -0.25) is 4.79 Å². The molecule has 0 aliphatic heterocycles. The molecule has 1 atom stereocenters. The number of esters is 1. The fraction of sp³-hybridized carbons (Fsp3) is 0.562. The van der Waals surface area contributed by atoms with Gasteiger partial charge in [0.15, 0.2) is 0 Å². The third kappa shape index (κ3) is 3.86. The first-order chi connectivity index (χ1) is 8.60. The maximum absolute atomic E-state index is 11.9. The summed E-state index contributed by atoms with van der Waals surface area (Å²) in [4.78, 5) is 11.9. The summed E-state index contributed by atoms with van der Waals surface area (Å²) in [6.45, 7) is 8.73. The number of hydrogen-bond acceptors (Lipinski definition) is 2. The first-order valence-electron chi connectivity index (χ1n) is 6.86. The molecule has 18 heavy (non-hydrogen) atoms. The molecule has 1 aromatic rings. The number of benzene rings is 1. The average Bonchev–Trinajstić information content (AvgIpc) is 2.36. The molecule has 0 fully saturated rings. The van der Waals surface area contributed by atoms with Crippen LogP contribution in [0, 0.1) is 0 Å². The molecule has 0 aliphatic carbocycles. The van der Waals surface area contributed by atoms with Crippen LogP contribution in [-0.4, -0.2) is 12.6 Å². The average molecular weight is 248 g/mol. The molecule has 1 unspecified atom stereocenters. The van der Waals surface area contributed by atoms with Crippen molar-refractivity contribution in [2.75, 3.05) is 6.61 Å². The molecule has 2 heteroatoms. The molecule has 0 N–H and O–H groups in total. The van der Waals surface area contributed by atoms with Crippen molar-refractivity contribution in [3.05, 3.63) is 35.4 Å². The van der Waals surface area contributed by atoms with Gasteiger partial charge in [0.05, 0.1) is 12.5 Å². The van der Waals surface area contributed by atoms with E-state index in [4.69, 9.17) is 4.74 Å². The molecule has 1 aromatic carbocycles. The van der Waals surface area contributed by atoms with Gasteiger partial charge in [-0.25, -0.2) is 0 Å². The lowest BCUT2D eigenvalue weighted by atomic mass is 9.92. The van der Waals surface area contributed by atoms with Crippen LogP contribution < -0.4 is 0 Å². The highest BCUT2D eigenvalue weighted by Gasteiger charge is 2.20. The molecular weight excluding hydrogens is 224 g/mol. The maximum Gasteiger partial charge on any atom is 0.313 e. The molecule has 0 aliphatic rings. The van der Waals surface area contributed by atoms with E-state index in [1.807, 2.05) is 6.92 Å². The van der Waals surface area contributed by atoms with Crippen molar-refractivity contribution in [1.29, 1.82) is 0 Å². The zero-order chi connectivity index (χ0) is 13.5. The van der Waals surface area contributed by atoms with Crippen molar-refractivity contribution in [3.63, 3.8) is 0 Å². The monoisotopic (exact) mass is 248 g/mol. The molecule has 0 aromatic heterocycles. The molecular formula is C16H24O2. The van der Waals surface area contributed by atoms with Crippen LogP contribution >= 0.6 is 0 Å². The highest BCUT2D eigenvalue weighted by molar-refractivity contribution is 5.78. The van der Waals surface area contributed by atoms with Gasteiger partial charge in [-0.15, -0.1) is 0 Å². The second-order valence-corrected chi connectivity index (χ2v) is 4.91. The van der Waals surface area contributed by atoms with Crippen molar-refractivity contribution in [3.8, 4) is 0 Å². The van der Waals surface area contributed by atoms with Gasteiger partial charge < -0.3 is 4.74 Å². The summed E-state index contributed by atoms with van der Waals surface area (Å²) in [6.07, 6.45) is 1.83. The number of hydrogen-bond donors (Lipinski definition) is 0. The van der Waals surface area contributed by atoms with Crippen molar-refractivity contribution in [2.45, 2.75) is 52.4 Å². The molecule has 1 rings (SSSR count). The first-order valence-corrected chi connectivity index (χ1v) is 6.86. The van der Waals surface area contributed by atoms with Crippen molar-refractivity contribution in [1.82, 2.24) is 0 Å². The Kier molecular flexibility index (Phi) is 5.90. The Bertz CT molecular complexity index is 365. The fourth-order valence-corrected chi connectivity index (χ4v) is 2.07. The SMILES string of the molecule is CCCC(C(=O)OCC)c1ccc(C(C)C)cc1. The fourth-order valence-electron chi connectivity index (χ4n) is 2.07. The van der Waals surface area contributed by atoms with Gasteiger partial charge in [0.1, 0.15) is 0 Å². The topological polar surface area (TPSA) is 26.3 Å². The smallest absolute Gasteiger partial charge is 0.313 e. The largest absolute Gasteiger partial charge is 0.466 e. The summed E-state index contributed by atoms with van der Waals surface area (Å²) in [7, 11) is 0. The maximum atomic E-state index is 11.9. The summed E-state index contributed by atoms with van der Waals surface area (Å²) in [5.41, 5.74) is 2.37. The van der Waals surface area contributed by atoms with E-state index in [9.17, 15) is 4.79 Å². The quantitative estimate of drug-likeness (QED) is 0.703. The zero-order valence-electron chi connectivity index (χ0n) is 11.9. The minimum absolute atomic E-state index is 0.100. The highest BCUT2D eigenvalue weighted by Crippen LogP contribution is 2.25. The zero-order valence-corrected chi connectivity index (χ0v) is 11.9. The van der Waals surface area contributed by atoms with E-state index in [-0.39, 0.29) is 11.9 Å². The van der Waals surface area contributed by atoms with Crippen LogP contribution in [0.5, 0.6) is 0 Å². The Labute approximate surface area is 110 Å².